The predicted octanol–water partition coefficient (Wildman–Crippen LogP) is 3.28. The van der Waals surface area contributed by atoms with Crippen LogP contribution in [0.25, 0.3) is 0 Å². The van der Waals surface area contributed by atoms with E-state index in [2.05, 4.69) is 15.5 Å². The van der Waals surface area contributed by atoms with Crippen molar-refractivity contribution in [2.75, 3.05) is 19.0 Å². The van der Waals surface area contributed by atoms with Crippen LogP contribution in [0.2, 0.25) is 0 Å². The van der Waals surface area contributed by atoms with Crippen molar-refractivity contribution >= 4 is 35.6 Å². The Labute approximate surface area is 153 Å². The highest BCUT2D eigenvalue weighted by atomic mass is 127. The first-order valence-electron chi connectivity index (χ1n) is 7.23. The quantitative estimate of drug-likeness (QED) is 0.318. The SMILES string of the molecule is COc1ccccc1NC(N)=NCCCc1c(C)noc1C.I. The molecule has 23 heavy (non-hydrogen) atoms. The Morgan fingerprint density at radius 2 is 2.09 bits per heavy atom. The normalized spacial score (nSPS) is 11.0. The molecule has 0 fully saturated rings. The summed E-state index contributed by atoms with van der Waals surface area (Å²) in [6, 6.07) is 7.58. The van der Waals surface area contributed by atoms with Crippen LogP contribution >= 0.6 is 24.0 Å². The number of hydrogen-bond donors (Lipinski definition) is 2. The molecule has 0 aliphatic carbocycles. The first-order chi connectivity index (χ1) is 10.6. The van der Waals surface area contributed by atoms with Crippen LogP contribution in [0.5, 0.6) is 5.75 Å². The number of para-hydroxylation sites is 2. The number of hydrogen-bond acceptors (Lipinski definition) is 4. The van der Waals surface area contributed by atoms with Crippen LogP contribution in [0.4, 0.5) is 5.69 Å². The number of benzene rings is 1. The molecule has 0 unspecified atom stereocenters. The smallest absolute Gasteiger partial charge is 0.193 e. The molecule has 1 heterocycles. The zero-order valence-corrected chi connectivity index (χ0v) is 16.0. The molecule has 0 aliphatic rings. The van der Waals surface area contributed by atoms with Crippen LogP contribution < -0.4 is 15.8 Å². The van der Waals surface area contributed by atoms with E-state index < -0.39 is 0 Å². The van der Waals surface area contributed by atoms with Gasteiger partial charge in [-0.3, -0.25) is 4.99 Å². The summed E-state index contributed by atoms with van der Waals surface area (Å²) in [4.78, 5) is 4.33. The van der Waals surface area contributed by atoms with Crippen LogP contribution in [-0.4, -0.2) is 24.8 Å². The highest BCUT2D eigenvalue weighted by Gasteiger charge is 2.08. The molecular weight excluding hydrogens is 407 g/mol. The number of guanidine groups is 1. The second-order valence-electron chi connectivity index (χ2n) is 5.00. The Bertz CT molecular complexity index is 636. The summed E-state index contributed by atoms with van der Waals surface area (Å²) in [5, 5.41) is 6.99. The van der Waals surface area contributed by atoms with Crippen LogP contribution in [-0.2, 0) is 6.42 Å². The summed E-state index contributed by atoms with van der Waals surface area (Å²) in [7, 11) is 1.62. The van der Waals surface area contributed by atoms with Gasteiger partial charge in [-0.2, -0.15) is 0 Å². The highest BCUT2D eigenvalue weighted by molar-refractivity contribution is 14.0. The summed E-state index contributed by atoms with van der Waals surface area (Å²) in [5.41, 5.74) is 8.81. The van der Waals surface area contributed by atoms with Crippen LogP contribution in [0, 0.1) is 13.8 Å². The van der Waals surface area contributed by atoms with Gasteiger partial charge in [0.25, 0.3) is 0 Å². The zero-order chi connectivity index (χ0) is 15.9. The number of nitrogens with one attached hydrogen (secondary N) is 1. The maximum absolute atomic E-state index is 5.90. The van der Waals surface area contributed by atoms with Crippen LogP contribution in [0.1, 0.15) is 23.4 Å². The van der Waals surface area contributed by atoms with Gasteiger partial charge in [-0.15, -0.1) is 24.0 Å². The van der Waals surface area contributed by atoms with E-state index in [1.807, 2.05) is 38.1 Å². The van der Waals surface area contributed by atoms with E-state index in [1.165, 1.54) is 0 Å². The van der Waals surface area contributed by atoms with Crippen molar-refractivity contribution in [2.24, 2.45) is 10.7 Å². The lowest BCUT2D eigenvalue weighted by molar-refractivity contribution is 0.392. The molecule has 0 bridgehead atoms. The lowest BCUT2D eigenvalue weighted by Gasteiger charge is -2.10. The Morgan fingerprint density at radius 3 is 2.74 bits per heavy atom. The van der Waals surface area contributed by atoms with E-state index in [9.17, 15) is 0 Å². The number of aliphatic imine (C=N–C) groups is 1. The van der Waals surface area contributed by atoms with Crippen molar-refractivity contribution in [3.63, 3.8) is 0 Å². The van der Waals surface area contributed by atoms with Gasteiger partial charge in [-0.05, 0) is 38.8 Å². The van der Waals surface area contributed by atoms with Crippen molar-refractivity contribution in [1.82, 2.24) is 5.16 Å². The van der Waals surface area contributed by atoms with Crippen molar-refractivity contribution in [1.29, 1.82) is 0 Å². The summed E-state index contributed by atoms with van der Waals surface area (Å²) in [5.74, 6) is 1.99. The number of nitrogens with zero attached hydrogens (tertiary/aromatic N) is 2. The molecule has 0 saturated carbocycles. The maximum Gasteiger partial charge on any atom is 0.193 e. The fraction of sp³-hybridized carbons (Fsp3) is 0.375. The van der Waals surface area contributed by atoms with E-state index in [1.54, 1.807) is 7.11 Å². The van der Waals surface area contributed by atoms with E-state index in [0.717, 1.165) is 41.3 Å². The largest absolute Gasteiger partial charge is 0.495 e. The average molecular weight is 430 g/mol. The van der Waals surface area contributed by atoms with E-state index in [0.29, 0.717) is 12.5 Å². The standard InChI is InChI=1S/C16H22N4O2.HI/c1-11-13(12(2)22-20-11)7-6-10-18-16(17)19-14-8-4-5-9-15(14)21-3;/h4-5,8-9H,6-7,10H2,1-3H3,(H3,17,18,19);1H. The third-order valence-electron chi connectivity index (χ3n) is 3.42. The summed E-state index contributed by atoms with van der Waals surface area (Å²) < 4.78 is 10.4. The van der Waals surface area contributed by atoms with Gasteiger partial charge in [-0.25, -0.2) is 0 Å². The second-order valence-corrected chi connectivity index (χ2v) is 5.00. The number of halogens is 1. The summed E-state index contributed by atoms with van der Waals surface area (Å²) in [6.07, 6.45) is 1.77. The molecule has 7 heteroatoms. The van der Waals surface area contributed by atoms with E-state index in [4.69, 9.17) is 15.0 Å². The van der Waals surface area contributed by atoms with Crippen LogP contribution in [0.15, 0.2) is 33.8 Å². The summed E-state index contributed by atoms with van der Waals surface area (Å²) >= 11 is 0. The molecule has 0 amide bonds. The minimum atomic E-state index is 0. The van der Waals surface area contributed by atoms with Crippen molar-refractivity contribution in [2.45, 2.75) is 26.7 Å². The minimum absolute atomic E-state index is 0. The van der Waals surface area contributed by atoms with Crippen molar-refractivity contribution < 1.29 is 9.26 Å². The van der Waals surface area contributed by atoms with Gasteiger partial charge in [0, 0.05) is 12.1 Å². The molecule has 0 saturated heterocycles. The Balaban J connectivity index is 0.00000264. The lowest BCUT2D eigenvalue weighted by atomic mass is 10.1. The van der Waals surface area contributed by atoms with Gasteiger partial charge >= 0.3 is 0 Å². The topological polar surface area (TPSA) is 85.7 Å². The molecule has 0 atom stereocenters. The monoisotopic (exact) mass is 430 g/mol. The molecule has 1 aromatic heterocycles. The Kier molecular flexibility index (Phi) is 7.87. The predicted molar refractivity (Wildman–Crippen MR) is 103 cm³/mol. The van der Waals surface area contributed by atoms with Gasteiger partial charge in [-0.1, -0.05) is 17.3 Å². The van der Waals surface area contributed by atoms with Crippen LogP contribution in [0.3, 0.4) is 0 Å². The maximum atomic E-state index is 5.90. The fourth-order valence-corrected chi connectivity index (χ4v) is 2.24. The van der Waals surface area contributed by atoms with Gasteiger partial charge in [0.05, 0.1) is 18.5 Å². The van der Waals surface area contributed by atoms with E-state index in [-0.39, 0.29) is 24.0 Å². The number of methoxy groups -OCH3 is 1. The highest BCUT2D eigenvalue weighted by Crippen LogP contribution is 2.22. The average Bonchev–Trinajstić information content (AvgIpc) is 2.83. The van der Waals surface area contributed by atoms with Gasteiger partial charge in [0.15, 0.2) is 5.96 Å². The van der Waals surface area contributed by atoms with Gasteiger partial charge in [0.1, 0.15) is 11.5 Å². The number of ether oxygens (including phenoxy) is 1. The molecule has 2 aromatic rings. The molecule has 3 N–H and O–H groups in total. The van der Waals surface area contributed by atoms with Crippen molar-refractivity contribution in [3.8, 4) is 5.75 Å². The second kappa shape index (κ2) is 9.39. The molecule has 1 aromatic carbocycles. The van der Waals surface area contributed by atoms with E-state index >= 15 is 0 Å². The Hall–Kier alpha value is -1.77. The first kappa shape index (κ1) is 19.3. The molecule has 2 rings (SSSR count). The Morgan fingerprint density at radius 1 is 1.35 bits per heavy atom. The first-order valence-corrected chi connectivity index (χ1v) is 7.23. The minimum Gasteiger partial charge on any atom is -0.495 e. The number of rotatable bonds is 6. The van der Waals surface area contributed by atoms with Gasteiger partial charge in [0.2, 0.25) is 0 Å². The fourth-order valence-electron chi connectivity index (χ4n) is 2.24. The van der Waals surface area contributed by atoms with Crippen molar-refractivity contribution in [3.05, 3.63) is 41.3 Å². The molecule has 126 valence electrons. The molecule has 0 spiro atoms. The molecule has 0 radical (unpaired) electrons. The number of nitrogens with two attached hydrogens (primary N) is 1. The third kappa shape index (κ3) is 5.42. The summed E-state index contributed by atoms with van der Waals surface area (Å²) in [6.45, 7) is 4.51. The molecule has 0 aliphatic heterocycles. The molecule has 6 nitrogen and oxygen atoms in total. The molecular formula is C16H23IN4O2. The number of aromatic nitrogens is 1. The third-order valence-corrected chi connectivity index (χ3v) is 3.42. The number of anilines is 1. The number of aryl methyl sites for hydroxylation is 2. The lowest BCUT2D eigenvalue weighted by Crippen LogP contribution is -2.23. The van der Waals surface area contributed by atoms with Gasteiger partial charge < -0.3 is 20.3 Å². The zero-order valence-electron chi connectivity index (χ0n) is 13.6.